The van der Waals surface area contributed by atoms with Crippen LogP contribution in [0.2, 0.25) is 10.0 Å². The van der Waals surface area contributed by atoms with E-state index in [2.05, 4.69) is 5.32 Å². The highest BCUT2D eigenvalue weighted by molar-refractivity contribution is 7.89. The minimum absolute atomic E-state index is 0.0155. The normalized spacial score (nSPS) is 19.9. The highest BCUT2D eigenvalue weighted by Gasteiger charge is 2.34. The molecule has 5 nitrogen and oxygen atoms in total. The quantitative estimate of drug-likeness (QED) is 0.892. The lowest BCUT2D eigenvalue weighted by Crippen LogP contribution is -2.45. The van der Waals surface area contributed by atoms with Crippen molar-refractivity contribution in [1.29, 1.82) is 0 Å². The molecule has 1 heterocycles. The molecule has 0 spiro atoms. The van der Waals surface area contributed by atoms with E-state index in [1.165, 1.54) is 22.5 Å². The molecule has 0 saturated carbocycles. The summed E-state index contributed by atoms with van der Waals surface area (Å²) in [6.45, 7) is 2.90. The summed E-state index contributed by atoms with van der Waals surface area (Å²) in [4.78, 5) is 11.9. The summed E-state index contributed by atoms with van der Waals surface area (Å²) >= 11 is 11.9. The number of piperidine rings is 1. The van der Waals surface area contributed by atoms with E-state index in [4.69, 9.17) is 23.2 Å². The molecule has 22 heavy (non-hydrogen) atoms. The molecule has 1 N–H and O–H groups in total. The molecular formula is C14H18Cl2N2O3S. The zero-order chi connectivity index (χ0) is 16.3. The second-order valence-electron chi connectivity index (χ2n) is 5.17. The Morgan fingerprint density at radius 3 is 2.82 bits per heavy atom. The van der Waals surface area contributed by atoms with Crippen molar-refractivity contribution in [3.8, 4) is 0 Å². The number of rotatable bonds is 4. The molecule has 1 aliphatic heterocycles. The van der Waals surface area contributed by atoms with Crippen LogP contribution in [-0.4, -0.2) is 38.3 Å². The molecule has 8 heteroatoms. The summed E-state index contributed by atoms with van der Waals surface area (Å²) < 4.78 is 26.8. The number of nitrogens with one attached hydrogen (secondary N) is 1. The van der Waals surface area contributed by atoms with Gasteiger partial charge >= 0.3 is 0 Å². The first kappa shape index (κ1) is 17.5. The maximum atomic E-state index is 12.7. The standard InChI is InChI=1S/C14H18Cl2N2O3S/c1-2-17-14(19)10-4-3-7-18(9-10)22(20,21)13-8-11(15)5-6-12(13)16/h5-6,8,10H,2-4,7,9H2,1H3,(H,17,19)/t10-/m1/s1. The van der Waals surface area contributed by atoms with Crippen molar-refractivity contribution in [2.24, 2.45) is 5.92 Å². The molecule has 2 rings (SSSR count). The van der Waals surface area contributed by atoms with Gasteiger partial charge in [-0.1, -0.05) is 23.2 Å². The van der Waals surface area contributed by atoms with Crippen LogP contribution in [0, 0.1) is 5.92 Å². The zero-order valence-electron chi connectivity index (χ0n) is 12.2. The van der Waals surface area contributed by atoms with Gasteiger partial charge in [-0.3, -0.25) is 4.79 Å². The van der Waals surface area contributed by atoms with E-state index in [0.29, 0.717) is 31.0 Å². The number of hydrogen-bond acceptors (Lipinski definition) is 3. The Balaban J connectivity index is 2.25. The van der Waals surface area contributed by atoms with Crippen LogP contribution in [-0.2, 0) is 14.8 Å². The van der Waals surface area contributed by atoms with Crippen molar-refractivity contribution in [2.45, 2.75) is 24.7 Å². The first-order valence-electron chi connectivity index (χ1n) is 7.09. The van der Waals surface area contributed by atoms with Crippen LogP contribution in [0.25, 0.3) is 0 Å². The molecule has 1 aromatic rings. The van der Waals surface area contributed by atoms with E-state index >= 15 is 0 Å². The topological polar surface area (TPSA) is 66.5 Å². The van der Waals surface area contributed by atoms with Crippen LogP contribution < -0.4 is 5.32 Å². The van der Waals surface area contributed by atoms with Gasteiger partial charge in [0.15, 0.2) is 0 Å². The molecule has 1 saturated heterocycles. The molecule has 0 bridgehead atoms. The summed E-state index contributed by atoms with van der Waals surface area (Å²) in [5, 5.41) is 3.17. The van der Waals surface area contributed by atoms with Gasteiger partial charge in [0.25, 0.3) is 0 Å². The lowest BCUT2D eigenvalue weighted by molar-refractivity contribution is -0.125. The molecule has 0 aliphatic carbocycles. The monoisotopic (exact) mass is 364 g/mol. The summed E-state index contributed by atoms with van der Waals surface area (Å²) in [7, 11) is -3.76. The molecule has 1 aliphatic rings. The molecular weight excluding hydrogens is 347 g/mol. The van der Waals surface area contributed by atoms with E-state index in [1.807, 2.05) is 6.92 Å². The molecule has 122 valence electrons. The third kappa shape index (κ3) is 3.74. The summed E-state index contributed by atoms with van der Waals surface area (Å²) in [5.41, 5.74) is 0. The van der Waals surface area contributed by atoms with Crippen molar-refractivity contribution in [3.05, 3.63) is 28.2 Å². The summed E-state index contributed by atoms with van der Waals surface area (Å²) in [6, 6.07) is 4.34. The van der Waals surface area contributed by atoms with Gasteiger partial charge in [-0.2, -0.15) is 4.31 Å². The fraction of sp³-hybridized carbons (Fsp3) is 0.500. The fourth-order valence-corrected chi connectivity index (χ4v) is 4.77. The minimum Gasteiger partial charge on any atom is -0.356 e. The number of halogens is 2. The maximum absolute atomic E-state index is 12.7. The van der Waals surface area contributed by atoms with Crippen LogP contribution in [0.1, 0.15) is 19.8 Å². The lowest BCUT2D eigenvalue weighted by Gasteiger charge is -2.31. The minimum atomic E-state index is -3.76. The Bertz CT molecular complexity index is 664. The van der Waals surface area contributed by atoms with Crippen molar-refractivity contribution < 1.29 is 13.2 Å². The second kappa shape index (κ2) is 7.17. The van der Waals surface area contributed by atoms with Gasteiger partial charge in [0.05, 0.1) is 10.9 Å². The number of carbonyl (C=O) groups is 1. The Hall–Kier alpha value is -0.820. The number of nitrogens with zero attached hydrogens (tertiary/aromatic N) is 1. The van der Waals surface area contributed by atoms with Crippen molar-refractivity contribution in [1.82, 2.24) is 9.62 Å². The Kier molecular flexibility index (Phi) is 5.71. The Morgan fingerprint density at radius 1 is 1.41 bits per heavy atom. The molecule has 1 aromatic carbocycles. The van der Waals surface area contributed by atoms with Crippen LogP contribution in [0.15, 0.2) is 23.1 Å². The first-order valence-corrected chi connectivity index (χ1v) is 9.28. The zero-order valence-corrected chi connectivity index (χ0v) is 14.5. The van der Waals surface area contributed by atoms with Gasteiger partial charge in [-0.15, -0.1) is 0 Å². The lowest BCUT2D eigenvalue weighted by atomic mass is 9.99. The molecule has 0 aromatic heterocycles. The smallest absolute Gasteiger partial charge is 0.244 e. The van der Waals surface area contributed by atoms with Crippen molar-refractivity contribution >= 4 is 39.1 Å². The average molecular weight is 365 g/mol. The number of benzene rings is 1. The maximum Gasteiger partial charge on any atom is 0.244 e. The Morgan fingerprint density at radius 2 is 2.14 bits per heavy atom. The largest absolute Gasteiger partial charge is 0.356 e. The molecule has 0 unspecified atom stereocenters. The Labute approximate surface area is 140 Å². The van der Waals surface area contributed by atoms with E-state index in [9.17, 15) is 13.2 Å². The van der Waals surface area contributed by atoms with Gasteiger partial charge in [0.1, 0.15) is 4.90 Å². The summed E-state index contributed by atoms with van der Waals surface area (Å²) in [6.07, 6.45) is 1.32. The predicted molar refractivity (Wildman–Crippen MR) is 86.6 cm³/mol. The van der Waals surface area contributed by atoms with Gasteiger partial charge in [0.2, 0.25) is 15.9 Å². The highest BCUT2D eigenvalue weighted by Crippen LogP contribution is 2.30. The van der Waals surface area contributed by atoms with Crippen LogP contribution in [0.3, 0.4) is 0 Å². The van der Waals surface area contributed by atoms with E-state index in [-0.39, 0.29) is 28.3 Å². The number of carbonyl (C=O) groups excluding carboxylic acids is 1. The third-order valence-corrected chi connectivity index (χ3v) is 6.20. The second-order valence-corrected chi connectivity index (χ2v) is 7.92. The predicted octanol–water partition coefficient (Wildman–Crippen LogP) is 2.53. The van der Waals surface area contributed by atoms with Gasteiger partial charge in [0, 0.05) is 24.7 Å². The molecule has 1 atom stereocenters. The highest BCUT2D eigenvalue weighted by atomic mass is 35.5. The molecule has 1 fully saturated rings. The number of sulfonamides is 1. The number of hydrogen-bond donors (Lipinski definition) is 1. The third-order valence-electron chi connectivity index (χ3n) is 3.62. The summed E-state index contributed by atoms with van der Waals surface area (Å²) in [5.74, 6) is -0.443. The van der Waals surface area contributed by atoms with Crippen LogP contribution >= 0.6 is 23.2 Å². The van der Waals surface area contributed by atoms with Crippen molar-refractivity contribution in [3.63, 3.8) is 0 Å². The molecule has 0 radical (unpaired) electrons. The van der Waals surface area contributed by atoms with Gasteiger partial charge in [-0.05, 0) is 38.0 Å². The van der Waals surface area contributed by atoms with Gasteiger partial charge in [-0.25, -0.2) is 8.42 Å². The average Bonchev–Trinajstić information content (AvgIpc) is 2.50. The van der Waals surface area contributed by atoms with Gasteiger partial charge < -0.3 is 5.32 Å². The fourth-order valence-electron chi connectivity index (χ4n) is 2.51. The van der Waals surface area contributed by atoms with E-state index in [1.54, 1.807) is 0 Å². The van der Waals surface area contributed by atoms with Crippen molar-refractivity contribution in [2.75, 3.05) is 19.6 Å². The molecule has 1 amide bonds. The first-order chi connectivity index (χ1) is 10.4. The number of amides is 1. The van der Waals surface area contributed by atoms with Crippen LogP contribution in [0.5, 0.6) is 0 Å². The van der Waals surface area contributed by atoms with E-state index < -0.39 is 10.0 Å². The van der Waals surface area contributed by atoms with Crippen LogP contribution in [0.4, 0.5) is 0 Å². The SMILES string of the molecule is CCNC(=O)[C@@H]1CCCN(S(=O)(=O)c2cc(Cl)ccc2Cl)C1. The van der Waals surface area contributed by atoms with E-state index in [0.717, 1.165) is 0 Å².